The van der Waals surface area contributed by atoms with E-state index in [1.165, 1.54) is 16.7 Å². The zero-order valence-corrected chi connectivity index (χ0v) is 17.6. The molecule has 2 aliphatic heterocycles. The summed E-state index contributed by atoms with van der Waals surface area (Å²) in [7, 11) is 0. The fraction of sp³-hybridized carbons (Fsp3) is 0.480. The van der Waals surface area contributed by atoms with E-state index in [1.807, 2.05) is 11.0 Å². The predicted octanol–water partition coefficient (Wildman–Crippen LogP) is 4.48. The summed E-state index contributed by atoms with van der Waals surface area (Å²) in [6, 6.07) is 14.6. The lowest BCUT2D eigenvalue weighted by Crippen LogP contribution is -2.66. The highest BCUT2D eigenvalue weighted by Gasteiger charge is 2.57. The van der Waals surface area contributed by atoms with Crippen molar-refractivity contribution in [2.24, 2.45) is 5.41 Å². The number of hydrogen-bond donors (Lipinski definition) is 1. The van der Waals surface area contributed by atoms with Crippen molar-refractivity contribution < 1.29 is 9.90 Å². The summed E-state index contributed by atoms with van der Waals surface area (Å²) in [6.07, 6.45) is 2.56. The highest BCUT2D eigenvalue weighted by Crippen LogP contribution is 2.57. The molecule has 4 heteroatoms. The number of amides is 2. The highest BCUT2D eigenvalue weighted by atomic mass is 16.3. The van der Waals surface area contributed by atoms with Crippen LogP contribution in [0.3, 0.4) is 0 Å². The summed E-state index contributed by atoms with van der Waals surface area (Å²) < 4.78 is 0. The molecule has 3 aliphatic rings. The molecule has 5 rings (SSSR count). The molecule has 2 atom stereocenters. The van der Waals surface area contributed by atoms with Crippen LogP contribution in [0.4, 0.5) is 4.79 Å². The zero-order valence-electron chi connectivity index (χ0n) is 17.6. The van der Waals surface area contributed by atoms with E-state index in [1.54, 1.807) is 6.07 Å². The molecule has 2 aromatic carbocycles. The van der Waals surface area contributed by atoms with Crippen molar-refractivity contribution in [3.8, 4) is 5.75 Å². The average molecular weight is 391 g/mol. The maximum atomic E-state index is 13.6. The molecule has 0 radical (unpaired) electrons. The van der Waals surface area contributed by atoms with Gasteiger partial charge in [0.1, 0.15) is 5.75 Å². The molecule has 0 aromatic heterocycles. The standard InChI is InChI=1S/C25H30N2O2/c1-24(2)22-15-19-20(9-6-10-21(19)28)25(24,3)12-14-27(22)23(29)26-13-11-17-7-4-5-8-18(17)16-26/h4-10,22,28H,11-16H2,1-3H3/t22-,25+/m1/s1. The van der Waals surface area contributed by atoms with Gasteiger partial charge in [-0.2, -0.15) is 0 Å². The van der Waals surface area contributed by atoms with Crippen LogP contribution in [0.15, 0.2) is 42.5 Å². The monoisotopic (exact) mass is 390 g/mol. The molecule has 1 fully saturated rings. The number of urea groups is 1. The molecule has 0 unspecified atom stereocenters. The molecule has 2 amide bonds. The second kappa shape index (κ2) is 6.25. The van der Waals surface area contributed by atoms with E-state index in [0.717, 1.165) is 37.9 Å². The van der Waals surface area contributed by atoms with Crippen molar-refractivity contribution in [3.63, 3.8) is 0 Å². The Bertz CT molecular complexity index is 983. The van der Waals surface area contributed by atoms with Crippen LogP contribution in [-0.2, 0) is 24.8 Å². The average Bonchev–Trinajstić information content (AvgIpc) is 2.70. The second-order valence-electron chi connectivity index (χ2n) is 9.74. The number of phenolic OH excluding ortho intramolecular Hbond substituents is 1. The number of aromatic hydroxyl groups is 1. The van der Waals surface area contributed by atoms with Crippen molar-refractivity contribution in [2.75, 3.05) is 13.1 Å². The van der Waals surface area contributed by atoms with E-state index >= 15 is 0 Å². The fourth-order valence-corrected chi connectivity index (χ4v) is 6.00. The van der Waals surface area contributed by atoms with Crippen LogP contribution in [0.2, 0.25) is 0 Å². The van der Waals surface area contributed by atoms with Gasteiger partial charge >= 0.3 is 6.03 Å². The van der Waals surface area contributed by atoms with Crippen molar-refractivity contribution in [3.05, 3.63) is 64.7 Å². The lowest BCUT2D eigenvalue weighted by atomic mass is 9.51. The number of piperidine rings is 1. The van der Waals surface area contributed by atoms with Crippen molar-refractivity contribution in [1.82, 2.24) is 9.80 Å². The van der Waals surface area contributed by atoms with Gasteiger partial charge in [0.2, 0.25) is 0 Å². The molecule has 1 aliphatic carbocycles. The van der Waals surface area contributed by atoms with Gasteiger partial charge in [-0.1, -0.05) is 57.2 Å². The van der Waals surface area contributed by atoms with E-state index in [0.29, 0.717) is 12.3 Å². The van der Waals surface area contributed by atoms with Crippen LogP contribution < -0.4 is 0 Å². The maximum absolute atomic E-state index is 13.6. The molecule has 1 N–H and O–H groups in total. The molecule has 4 nitrogen and oxygen atoms in total. The third-order valence-corrected chi connectivity index (χ3v) is 8.27. The first-order valence-corrected chi connectivity index (χ1v) is 10.8. The Morgan fingerprint density at radius 1 is 1.03 bits per heavy atom. The molecule has 0 spiro atoms. The molecule has 152 valence electrons. The largest absolute Gasteiger partial charge is 0.508 e. The number of rotatable bonds is 0. The fourth-order valence-electron chi connectivity index (χ4n) is 6.00. The number of nitrogens with zero attached hydrogens (tertiary/aromatic N) is 2. The molecule has 29 heavy (non-hydrogen) atoms. The van der Waals surface area contributed by atoms with Gasteiger partial charge in [-0.05, 0) is 53.0 Å². The summed E-state index contributed by atoms with van der Waals surface area (Å²) in [6.45, 7) is 9.16. The van der Waals surface area contributed by atoms with Crippen molar-refractivity contribution >= 4 is 6.03 Å². The lowest BCUT2D eigenvalue weighted by Gasteiger charge is -2.61. The Labute approximate surface area is 173 Å². The molecular formula is C25H30N2O2. The SMILES string of the molecule is CC1(C)[C@H]2Cc3c(O)cccc3[C@]1(C)CCN2C(=O)N1CCc2ccccc2C1. The van der Waals surface area contributed by atoms with Gasteiger partial charge in [0.15, 0.2) is 0 Å². The summed E-state index contributed by atoms with van der Waals surface area (Å²) in [5, 5.41) is 10.6. The minimum absolute atomic E-state index is 0.0464. The smallest absolute Gasteiger partial charge is 0.320 e. The summed E-state index contributed by atoms with van der Waals surface area (Å²) in [5.41, 5.74) is 4.81. The Morgan fingerprint density at radius 2 is 1.79 bits per heavy atom. The van der Waals surface area contributed by atoms with Crippen LogP contribution in [0.1, 0.15) is 49.4 Å². The number of carbonyl (C=O) groups excluding carboxylic acids is 1. The molecule has 2 aromatic rings. The van der Waals surface area contributed by atoms with Crippen LogP contribution in [-0.4, -0.2) is 40.1 Å². The first-order valence-electron chi connectivity index (χ1n) is 10.8. The van der Waals surface area contributed by atoms with E-state index in [4.69, 9.17) is 0 Å². The molecule has 1 saturated heterocycles. The van der Waals surface area contributed by atoms with E-state index in [-0.39, 0.29) is 22.9 Å². The highest BCUT2D eigenvalue weighted by molar-refractivity contribution is 5.76. The van der Waals surface area contributed by atoms with Gasteiger partial charge in [0, 0.05) is 31.1 Å². The molecule has 2 bridgehead atoms. The number of hydrogen-bond acceptors (Lipinski definition) is 2. The summed E-state index contributed by atoms with van der Waals surface area (Å²) in [4.78, 5) is 17.8. The Balaban J connectivity index is 1.48. The van der Waals surface area contributed by atoms with Crippen molar-refractivity contribution in [1.29, 1.82) is 0 Å². The summed E-state index contributed by atoms with van der Waals surface area (Å²) in [5.74, 6) is 0.371. The number of carbonyl (C=O) groups is 1. The quantitative estimate of drug-likeness (QED) is 0.721. The number of fused-ring (bicyclic) bond motifs is 5. The van der Waals surface area contributed by atoms with Crippen LogP contribution >= 0.6 is 0 Å². The number of phenols is 1. The van der Waals surface area contributed by atoms with Gasteiger partial charge in [-0.25, -0.2) is 4.79 Å². The zero-order chi connectivity index (χ0) is 20.4. The predicted molar refractivity (Wildman–Crippen MR) is 114 cm³/mol. The minimum Gasteiger partial charge on any atom is -0.508 e. The molecular weight excluding hydrogens is 360 g/mol. The van der Waals surface area contributed by atoms with E-state index < -0.39 is 0 Å². The van der Waals surface area contributed by atoms with Crippen LogP contribution in [0.5, 0.6) is 5.75 Å². The Morgan fingerprint density at radius 3 is 2.59 bits per heavy atom. The molecule has 2 heterocycles. The third kappa shape index (κ3) is 2.54. The third-order valence-electron chi connectivity index (χ3n) is 8.27. The van der Waals surface area contributed by atoms with Gasteiger partial charge in [0.05, 0.1) is 0 Å². The Kier molecular flexibility index (Phi) is 4.00. The topological polar surface area (TPSA) is 43.8 Å². The minimum atomic E-state index is -0.0601. The lowest BCUT2D eigenvalue weighted by molar-refractivity contribution is -0.0245. The van der Waals surface area contributed by atoms with Crippen LogP contribution in [0.25, 0.3) is 0 Å². The molecule has 0 saturated carbocycles. The summed E-state index contributed by atoms with van der Waals surface area (Å²) >= 11 is 0. The van der Waals surface area contributed by atoms with Gasteiger partial charge in [-0.3, -0.25) is 0 Å². The van der Waals surface area contributed by atoms with Crippen molar-refractivity contribution in [2.45, 2.75) is 58.0 Å². The first kappa shape index (κ1) is 18.5. The van der Waals surface area contributed by atoms with Crippen LogP contribution in [0, 0.1) is 5.41 Å². The van der Waals surface area contributed by atoms with Gasteiger partial charge in [-0.15, -0.1) is 0 Å². The van der Waals surface area contributed by atoms with Gasteiger partial charge in [0.25, 0.3) is 0 Å². The first-order chi connectivity index (χ1) is 13.8. The van der Waals surface area contributed by atoms with E-state index in [2.05, 4.69) is 56.0 Å². The van der Waals surface area contributed by atoms with E-state index in [9.17, 15) is 9.90 Å². The second-order valence-corrected chi connectivity index (χ2v) is 9.74. The maximum Gasteiger partial charge on any atom is 0.320 e. The van der Waals surface area contributed by atoms with Gasteiger partial charge < -0.3 is 14.9 Å². The number of benzene rings is 2. The normalized spacial score (nSPS) is 27.2. The number of likely N-dealkylation sites (tertiary alicyclic amines) is 1. The Hall–Kier alpha value is -2.49.